The van der Waals surface area contributed by atoms with Gasteiger partial charge in [-0.05, 0) is 19.1 Å². The number of aromatic nitrogens is 3. The Labute approximate surface area is 185 Å². The van der Waals surface area contributed by atoms with Gasteiger partial charge in [0, 0.05) is 31.0 Å². The predicted molar refractivity (Wildman–Crippen MR) is 110 cm³/mol. The summed E-state index contributed by atoms with van der Waals surface area (Å²) in [6.07, 6.45) is -4.18. The zero-order valence-electron chi connectivity index (χ0n) is 17.8. The third-order valence-electron chi connectivity index (χ3n) is 5.59. The molecule has 12 heteroatoms. The highest BCUT2D eigenvalue weighted by Gasteiger charge is 2.34. The first-order valence-electron chi connectivity index (χ1n) is 10.0. The van der Waals surface area contributed by atoms with E-state index in [0.29, 0.717) is 42.3 Å². The van der Waals surface area contributed by atoms with Crippen LogP contribution < -0.4 is 5.73 Å². The normalized spacial score (nSPS) is 14.5. The fraction of sp³-hybridized carbons (Fsp3) is 0.381. The molecule has 3 aromatic heterocycles. The zero-order valence-corrected chi connectivity index (χ0v) is 17.8. The van der Waals surface area contributed by atoms with Gasteiger partial charge in [-0.2, -0.15) is 13.2 Å². The van der Waals surface area contributed by atoms with E-state index in [9.17, 15) is 22.4 Å². The molecule has 8 nitrogen and oxygen atoms in total. The number of methoxy groups -OCH3 is 1. The minimum absolute atomic E-state index is 0.0464. The maximum absolute atomic E-state index is 14.6. The Morgan fingerprint density at radius 3 is 2.73 bits per heavy atom. The van der Waals surface area contributed by atoms with E-state index in [1.807, 2.05) is 0 Å². The first kappa shape index (κ1) is 22.9. The summed E-state index contributed by atoms with van der Waals surface area (Å²) in [5, 5.41) is 0. The topological polar surface area (TPSA) is 106 Å². The van der Waals surface area contributed by atoms with E-state index in [1.54, 1.807) is 0 Å². The van der Waals surface area contributed by atoms with E-state index in [1.165, 1.54) is 25.0 Å². The lowest BCUT2D eigenvalue weighted by Gasteiger charge is -2.28. The second-order valence-electron chi connectivity index (χ2n) is 7.65. The lowest BCUT2D eigenvalue weighted by atomic mass is 10.1. The summed E-state index contributed by atoms with van der Waals surface area (Å²) >= 11 is 0. The summed E-state index contributed by atoms with van der Waals surface area (Å²) in [5.74, 6) is -1.37. The van der Waals surface area contributed by atoms with E-state index in [4.69, 9.17) is 15.2 Å². The number of alkyl halides is 3. The van der Waals surface area contributed by atoms with Gasteiger partial charge in [0.05, 0.1) is 48.2 Å². The van der Waals surface area contributed by atoms with Gasteiger partial charge in [0.25, 0.3) is 5.91 Å². The number of aromatic amines is 1. The highest BCUT2D eigenvalue weighted by Crippen LogP contribution is 2.33. The Bertz CT molecular complexity index is 1210. The molecule has 1 aliphatic rings. The van der Waals surface area contributed by atoms with Crippen LogP contribution in [-0.4, -0.2) is 46.0 Å². The fourth-order valence-electron chi connectivity index (χ4n) is 3.83. The van der Waals surface area contributed by atoms with Crippen molar-refractivity contribution in [3.63, 3.8) is 0 Å². The van der Waals surface area contributed by atoms with Gasteiger partial charge < -0.3 is 25.1 Å². The lowest BCUT2D eigenvalue weighted by Crippen LogP contribution is -2.37. The first-order chi connectivity index (χ1) is 15.6. The van der Waals surface area contributed by atoms with Crippen LogP contribution in [0.3, 0.4) is 0 Å². The van der Waals surface area contributed by atoms with Crippen molar-refractivity contribution in [1.29, 1.82) is 0 Å². The van der Waals surface area contributed by atoms with E-state index in [0.717, 1.165) is 11.1 Å². The average molecular weight is 467 g/mol. The largest absolute Gasteiger partial charge is 0.417 e. The zero-order chi connectivity index (χ0) is 23.9. The average Bonchev–Trinajstić information content (AvgIpc) is 3.40. The number of nitrogens with zero attached hydrogens (tertiary/aromatic N) is 3. The van der Waals surface area contributed by atoms with Gasteiger partial charge >= 0.3 is 6.18 Å². The molecule has 1 atom stereocenters. The van der Waals surface area contributed by atoms with Gasteiger partial charge in [-0.15, -0.1) is 0 Å². The van der Waals surface area contributed by atoms with Crippen LogP contribution in [0.1, 0.15) is 45.8 Å². The molecule has 0 saturated heterocycles. The number of carbonyl (C=O) groups is 1. The highest BCUT2D eigenvalue weighted by atomic mass is 19.4. The smallest absolute Gasteiger partial charge is 0.383 e. The molecule has 3 N–H and O–H groups in total. The van der Waals surface area contributed by atoms with E-state index in [2.05, 4.69) is 15.0 Å². The third-order valence-corrected chi connectivity index (χ3v) is 5.59. The van der Waals surface area contributed by atoms with Gasteiger partial charge in [0.1, 0.15) is 17.3 Å². The molecule has 176 valence electrons. The molecule has 4 rings (SSSR count). The molecule has 0 unspecified atom stereocenters. The minimum Gasteiger partial charge on any atom is -0.383 e. The maximum Gasteiger partial charge on any atom is 0.417 e. The molecule has 0 aliphatic carbocycles. The van der Waals surface area contributed by atoms with Crippen LogP contribution in [0, 0.1) is 5.82 Å². The van der Waals surface area contributed by atoms with Crippen molar-refractivity contribution in [2.24, 2.45) is 0 Å². The van der Waals surface area contributed by atoms with Crippen LogP contribution in [0.15, 0.2) is 18.3 Å². The van der Waals surface area contributed by atoms with Crippen LogP contribution >= 0.6 is 0 Å². The van der Waals surface area contributed by atoms with Crippen LogP contribution in [-0.2, 0) is 28.9 Å². The number of rotatable bonds is 6. The molecule has 0 fully saturated rings. The number of nitrogens with one attached hydrogen (secondary N) is 1. The molecular formula is C21H21F4N5O3. The van der Waals surface area contributed by atoms with Crippen molar-refractivity contribution in [2.45, 2.75) is 32.4 Å². The molecule has 33 heavy (non-hydrogen) atoms. The lowest BCUT2D eigenvalue weighted by molar-refractivity contribution is -0.138. The molecule has 3 aromatic rings. The first-order valence-corrected chi connectivity index (χ1v) is 10.0. The van der Waals surface area contributed by atoms with Crippen LogP contribution in [0.4, 0.5) is 23.4 Å². The minimum atomic E-state index is -4.73. The van der Waals surface area contributed by atoms with Gasteiger partial charge in [-0.1, -0.05) is 0 Å². The van der Waals surface area contributed by atoms with Crippen molar-refractivity contribution in [3.05, 3.63) is 52.2 Å². The summed E-state index contributed by atoms with van der Waals surface area (Å²) in [6.45, 7) is 2.29. The van der Waals surface area contributed by atoms with Crippen LogP contribution in [0.25, 0.3) is 11.0 Å². The summed E-state index contributed by atoms with van der Waals surface area (Å²) < 4.78 is 63.7. The quantitative estimate of drug-likeness (QED) is 0.537. The highest BCUT2D eigenvalue weighted by molar-refractivity contribution is 5.98. The molecular weight excluding hydrogens is 446 g/mol. The molecule has 0 radical (unpaired) electrons. The van der Waals surface area contributed by atoms with Gasteiger partial charge in [-0.3, -0.25) is 9.78 Å². The fourth-order valence-corrected chi connectivity index (χ4v) is 3.83. The van der Waals surface area contributed by atoms with Gasteiger partial charge in [0.15, 0.2) is 0 Å². The number of hydrogen-bond acceptors (Lipinski definition) is 6. The molecule has 0 saturated carbocycles. The molecule has 1 amide bonds. The Kier molecular flexibility index (Phi) is 5.97. The number of amides is 1. The van der Waals surface area contributed by atoms with Crippen LogP contribution in [0.5, 0.6) is 0 Å². The number of nitrogen functional groups attached to an aromatic ring is 1. The van der Waals surface area contributed by atoms with Gasteiger partial charge in [0.2, 0.25) is 0 Å². The summed E-state index contributed by atoms with van der Waals surface area (Å²) in [6, 6.07) is 0.917. The number of H-pyrrole nitrogens is 1. The van der Waals surface area contributed by atoms with Crippen molar-refractivity contribution in [2.75, 3.05) is 26.0 Å². The Morgan fingerprint density at radius 1 is 1.33 bits per heavy atom. The summed E-state index contributed by atoms with van der Waals surface area (Å²) in [4.78, 5) is 25.7. The summed E-state index contributed by atoms with van der Waals surface area (Å²) in [5.41, 5.74) is 7.29. The number of carbonyl (C=O) groups excluding carboxylic acids is 1. The Balaban J connectivity index is 1.70. The number of anilines is 1. The molecule has 0 spiro atoms. The Morgan fingerprint density at radius 2 is 2.06 bits per heavy atom. The van der Waals surface area contributed by atoms with Crippen molar-refractivity contribution in [3.8, 4) is 0 Å². The molecule has 4 heterocycles. The SMILES string of the molecule is COCCN(C(=O)c1cc2nc(N)c3c(c2[nH]1)COC3)[C@@H](C)c1ncc(C(F)(F)F)cc1F. The van der Waals surface area contributed by atoms with Crippen molar-refractivity contribution >= 4 is 22.8 Å². The predicted octanol–water partition coefficient (Wildman–Crippen LogP) is 3.58. The van der Waals surface area contributed by atoms with E-state index < -0.39 is 29.5 Å². The maximum atomic E-state index is 14.6. The monoisotopic (exact) mass is 467 g/mol. The van der Waals surface area contributed by atoms with Crippen molar-refractivity contribution in [1.82, 2.24) is 19.9 Å². The number of hydrogen-bond donors (Lipinski definition) is 2. The van der Waals surface area contributed by atoms with E-state index in [-0.39, 0.29) is 24.5 Å². The molecule has 0 aromatic carbocycles. The number of fused-ring (bicyclic) bond motifs is 3. The number of pyridine rings is 2. The Hall–Kier alpha value is -3.25. The van der Waals surface area contributed by atoms with E-state index >= 15 is 0 Å². The second kappa shape index (κ2) is 8.60. The third kappa shape index (κ3) is 4.23. The van der Waals surface area contributed by atoms with Gasteiger partial charge in [-0.25, -0.2) is 9.37 Å². The number of nitrogens with two attached hydrogens (primary N) is 1. The number of ether oxygens (including phenoxy) is 2. The second-order valence-corrected chi connectivity index (χ2v) is 7.65. The standard InChI is InChI=1S/C21H21F4N5O3/c1-10(17-14(22)5-11(7-27-17)21(23,24)25)30(3-4-32-2)20(31)16-6-15-18(28-16)12-8-33-9-13(12)19(26)29-15/h5-7,10,28H,3-4,8-9H2,1-2H3,(H2,26,29)/t10-/m0/s1. The number of halogens is 4. The van der Waals surface area contributed by atoms with Crippen LogP contribution in [0.2, 0.25) is 0 Å². The van der Waals surface area contributed by atoms with Crippen molar-refractivity contribution < 1.29 is 31.8 Å². The molecule has 0 bridgehead atoms. The molecule has 1 aliphatic heterocycles. The summed E-state index contributed by atoms with van der Waals surface area (Å²) in [7, 11) is 1.43.